The monoisotopic (exact) mass is 507 g/mol. The number of halogens is 8. The van der Waals surface area contributed by atoms with E-state index in [1.807, 2.05) is 0 Å². The molecule has 3 aromatic heterocycles. The number of rotatable bonds is 7. The molecule has 35 heavy (non-hydrogen) atoms. The van der Waals surface area contributed by atoms with E-state index in [2.05, 4.69) is 25.4 Å². The molecule has 0 spiro atoms. The van der Waals surface area contributed by atoms with Crippen LogP contribution in [0.3, 0.4) is 0 Å². The number of anilines is 1. The van der Waals surface area contributed by atoms with Crippen LogP contribution in [-0.2, 0) is 17.1 Å². The van der Waals surface area contributed by atoms with Gasteiger partial charge >= 0.3 is 12.4 Å². The molecule has 16 heteroatoms. The summed E-state index contributed by atoms with van der Waals surface area (Å²) in [5.41, 5.74) is 1.04. The fourth-order valence-electron chi connectivity index (χ4n) is 2.67. The van der Waals surface area contributed by atoms with E-state index >= 15 is 0 Å². The molecule has 0 aromatic carbocycles. The molecule has 3 rings (SSSR count). The van der Waals surface area contributed by atoms with Crippen LogP contribution in [0, 0.1) is 0 Å². The number of nitrogens with zero attached hydrogens (tertiary/aromatic N) is 5. The van der Waals surface area contributed by atoms with Crippen molar-refractivity contribution in [3.8, 4) is 11.4 Å². The zero-order valence-corrected chi connectivity index (χ0v) is 17.1. The lowest BCUT2D eigenvalue weighted by Gasteiger charge is -2.11. The topological polar surface area (TPSA) is 112 Å². The average molecular weight is 507 g/mol. The molecule has 0 saturated heterocycles. The van der Waals surface area contributed by atoms with Gasteiger partial charge in [0.05, 0.1) is 12.1 Å². The quantitative estimate of drug-likeness (QED) is 0.370. The van der Waals surface area contributed by atoms with Gasteiger partial charge in [-0.25, -0.2) is 28.4 Å². The van der Waals surface area contributed by atoms with E-state index < -0.39 is 54.0 Å². The molecule has 0 unspecified atom stereocenters. The molecule has 3 aromatic rings. The van der Waals surface area contributed by atoms with Gasteiger partial charge in [0.2, 0.25) is 0 Å². The SMILES string of the molecule is NC(=O)/C(=C/n1cnc(-c2cc(C(F)(F)F)nc(C(F)(F)F)c2)n1)c1ccc(NCC(F)F)nc1. The number of alkyl halides is 8. The first-order valence-corrected chi connectivity index (χ1v) is 9.32. The first kappa shape index (κ1) is 25.5. The third-order valence-electron chi connectivity index (χ3n) is 4.21. The van der Waals surface area contributed by atoms with Crippen LogP contribution in [0.25, 0.3) is 23.2 Å². The third kappa shape index (κ3) is 6.48. The number of hydrogen-bond donors (Lipinski definition) is 2. The van der Waals surface area contributed by atoms with Crippen molar-refractivity contribution in [1.82, 2.24) is 24.7 Å². The molecule has 0 aliphatic heterocycles. The Morgan fingerprint density at radius 1 is 1.06 bits per heavy atom. The van der Waals surface area contributed by atoms with Gasteiger partial charge in [0, 0.05) is 23.5 Å². The summed E-state index contributed by atoms with van der Waals surface area (Å²) in [6.07, 6.45) is -9.89. The Morgan fingerprint density at radius 3 is 2.17 bits per heavy atom. The molecule has 3 heterocycles. The van der Waals surface area contributed by atoms with Crippen molar-refractivity contribution >= 4 is 23.5 Å². The van der Waals surface area contributed by atoms with Crippen molar-refractivity contribution < 1.29 is 39.9 Å². The second kappa shape index (κ2) is 9.63. The lowest BCUT2D eigenvalue weighted by Crippen LogP contribution is -2.15. The molecular weight excluding hydrogens is 494 g/mol. The zero-order valence-electron chi connectivity index (χ0n) is 17.1. The average Bonchev–Trinajstić information content (AvgIpc) is 3.23. The predicted molar refractivity (Wildman–Crippen MR) is 105 cm³/mol. The summed E-state index contributed by atoms with van der Waals surface area (Å²) in [7, 11) is 0. The molecule has 0 atom stereocenters. The second-order valence-electron chi connectivity index (χ2n) is 6.78. The third-order valence-corrected chi connectivity index (χ3v) is 4.21. The van der Waals surface area contributed by atoms with Crippen LogP contribution in [0.15, 0.2) is 36.8 Å². The molecule has 0 bridgehead atoms. The maximum Gasteiger partial charge on any atom is 0.433 e. The number of aromatic nitrogens is 5. The van der Waals surface area contributed by atoms with E-state index in [1.54, 1.807) is 0 Å². The maximum absolute atomic E-state index is 13.0. The highest BCUT2D eigenvalue weighted by molar-refractivity contribution is 6.22. The normalized spacial score (nSPS) is 12.8. The largest absolute Gasteiger partial charge is 0.433 e. The van der Waals surface area contributed by atoms with Gasteiger partial charge in [-0.05, 0) is 24.3 Å². The highest BCUT2D eigenvalue weighted by Crippen LogP contribution is 2.35. The number of nitrogens with two attached hydrogens (primary N) is 1. The van der Waals surface area contributed by atoms with Crippen LogP contribution in [-0.4, -0.2) is 43.6 Å². The van der Waals surface area contributed by atoms with E-state index in [0.29, 0.717) is 12.1 Å². The van der Waals surface area contributed by atoms with Crippen molar-refractivity contribution in [2.24, 2.45) is 5.73 Å². The lowest BCUT2D eigenvalue weighted by atomic mass is 10.1. The molecular formula is C19H13F8N7O. The molecule has 1 amide bonds. The standard InChI is InChI=1S/C19H13F8N7O/c20-14(21)6-30-15-2-1-9(5-29-15)11(16(28)35)7-34-8-31-17(33-34)10-3-12(18(22,23)24)32-13(4-10)19(25,26)27/h1-5,7-8,14H,6H2,(H2,28,35)(H,29,30)/b11-7+. The van der Waals surface area contributed by atoms with Gasteiger partial charge in [0.1, 0.15) is 23.5 Å². The smallest absolute Gasteiger partial charge is 0.366 e. The molecule has 0 aliphatic rings. The Morgan fingerprint density at radius 2 is 1.69 bits per heavy atom. The molecule has 0 fully saturated rings. The number of primary amides is 1. The van der Waals surface area contributed by atoms with Crippen molar-refractivity contribution in [1.29, 1.82) is 0 Å². The van der Waals surface area contributed by atoms with Crippen molar-refractivity contribution in [2.75, 3.05) is 11.9 Å². The van der Waals surface area contributed by atoms with Crippen molar-refractivity contribution in [3.05, 3.63) is 53.7 Å². The van der Waals surface area contributed by atoms with E-state index in [0.717, 1.165) is 23.4 Å². The number of amides is 1. The number of carbonyl (C=O) groups excluding carboxylic acids is 1. The first-order chi connectivity index (χ1) is 16.2. The predicted octanol–water partition coefficient (Wildman–Crippen LogP) is 3.93. The summed E-state index contributed by atoms with van der Waals surface area (Å²) < 4.78 is 104. The summed E-state index contributed by atoms with van der Waals surface area (Å²) in [6, 6.07) is 3.31. The number of carbonyl (C=O) groups is 1. The lowest BCUT2D eigenvalue weighted by molar-refractivity contribution is -0.150. The van der Waals surface area contributed by atoms with Gasteiger partial charge in [-0.15, -0.1) is 5.10 Å². The number of pyridine rings is 2. The number of nitrogens with one attached hydrogen (secondary N) is 1. The van der Waals surface area contributed by atoms with Gasteiger partial charge in [-0.1, -0.05) is 0 Å². The van der Waals surface area contributed by atoms with Crippen LogP contribution in [0.2, 0.25) is 0 Å². The van der Waals surface area contributed by atoms with E-state index in [-0.39, 0.29) is 17.0 Å². The molecule has 186 valence electrons. The Bertz CT molecular complexity index is 1200. The van der Waals surface area contributed by atoms with Crippen molar-refractivity contribution in [2.45, 2.75) is 18.8 Å². The summed E-state index contributed by atoms with van der Waals surface area (Å²) >= 11 is 0. The van der Waals surface area contributed by atoms with Crippen LogP contribution in [0.1, 0.15) is 17.0 Å². The van der Waals surface area contributed by atoms with Gasteiger partial charge in [-0.3, -0.25) is 4.79 Å². The summed E-state index contributed by atoms with van der Waals surface area (Å²) in [5, 5.41) is 6.14. The minimum atomic E-state index is -5.17. The van der Waals surface area contributed by atoms with Crippen LogP contribution in [0.4, 0.5) is 40.9 Å². The Balaban J connectivity index is 1.96. The fourth-order valence-corrected chi connectivity index (χ4v) is 2.67. The van der Waals surface area contributed by atoms with Crippen LogP contribution < -0.4 is 11.1 Å². The highest BCUT2D eigenvalue weighted by atomic mass is 19.4. The van der Waals surface area contributed by atoms with Gasteiger partial charge in [-0.2, -0.15) is 26.3 Å². The Hall–Kier alpha value is -4.11. The zero-order chi connectivity index (χ0) is 26.0. The molecule has 0 radical (unpaired) electrons. The molecule has 0 saturated carbocycles. The minimum Gasteiger partial charge on any atom is -0.366 e. The molecule has 0 aliphatic carbocycles. The molecule has 3 N–H and O–H groups in total. The van der Waals surface area contributed by atoms with Gasteiger partial charge < -0.3 is 11.1 Å². The summed E-state index contributed by atoms with van der Waals surface area (Å²) in [5.74, 6) is -1.42. The van der Waals surface area contributed by atoms with Crippen LogP contribution in [0.5, 0.6) is 0 Å². The van der Waals surface area contributed by atoms with E-state index in [4.69, 9.17) is 5.73 Å². The Labute approximate surface area is 190 Å². The highest BCUT2D eigenvalue weighted by Gasteiger charge is 2.39. The van der Waals surface area contributed by atoms with E-state index in [9.17, 15) is 39.9 Å². The Kier molecular flexibility index (Phi) is 7.02. The first-order valence-electron chi connectivity index (χ1n) is 9.32. The maximum atomic E-state index is 13.0. The minimum absolute atomic E-state index is 0.0829. The van der Waals surface area contributed by atoms with Gasteiger partial charge in [0.15, 0.2) is 5.82 Å². The van der Waals surface area contributed by atoms with Crippen molar-refractivity contribution in [3.63, 3.8) is 0 Å². The van der Waals surface area contributed by atoms with Gasteiger partial charge in [0.25, 0.3) is 12.3 Å². The summed E-state index contributed by atoms with van der Waals surface area (Å²) in [4.78, 5) is 22.0. The molecule has 8 nitrogen and oxygen atoms in total. The van der Waals surface area contributed by atoms with E-state index in [1.165, 1.54) is 12.1 Å². The summed E-state index contributed by atoms with van der Waals surface area (Å²) in [6.45, 7) is -0.659. The fraction of sp³-hybridized carbons (Fsp3) is 0.211. The number of hydrogen-bond acceptors (Lipinski definition) is 6. The second-order valence-corrected chi connectivity index (χ2v) is 6.78. The van der Waals surface area contributed by atoms with Crippen LogP contribution >= 0.6 is 0 Å².